The summed E-state index contributed by atoms with van der Waals surface area (Å²) in [5, 5.41) is 5.62. The minimum absolute atomic E-state index is 0.497. The molecular weight excluding hydrogens is 300 g/mol. The molecule has 0 saturated carbocycles. The highest BCUT2D eigenvalue weighted by atomic mass is 32.2. The first-order valence-electron chi connectivity index (χ1n) is 9.25. The Bertz CT molecular complexity index is 533. The number of hydrogen-bond donors (Lipinski definition) is 2. The van der Waals surface area contributed by atoms with Crippen LogP contribution in [0.5, 0.6) is 0 Å². The highest BCUT2D eigenvalue weighted by Crippen LogP contribution is 2.39. The van der Waals surface area contributed by atoms with Crippen LogP contribution >= 0.6 is 11.9 Å². The molecule has 0 heterocycles. The molecule has 2 N–H and O–H groups in total. The third-order valence-electron chi connectivity index (χ3n) is 5.25. The van der Waals surface area contributed by atoms with Crippen molar-refractivity contribution < 1.29 is 0 Å². The maximum absolute atomic E-state index is 3.68. The Hall–Kier alpha value is -0.930. The molecule has 1 aromatic carbocycles. The van der Waals surface area contributed by atoms with Gasteiger partial charge in [0.2, 0.25) is 0 Å². The van der Waals surface area contributed by atoms with Crippen molar-refractivity contribution in [1.29, 1.82) is 0 Å². The lowest BCUT2D eigenvalue weighted by atomic mass is 9.99. The van der Waals surface area contributed by atoms with Gasteiger partial charge >= 0.3 is 0 Å². The second kappa shape index (κ2) is 8.25. The van der Waals surface area contributed by atoms with E-state index in [2.05, 4.69) is 41.6 Å². The first-order valence-corrected chi connectivity index (χ1v) is 10.1. The lowest BCUT2D eigenvalue weighted by Crippen LogP contribution is -2.22. The number of fused-ring (bicyclic) bond motifs is 2. The SMILES string of the molecule is CCCCC(/C=C/SNc1c2c(cc3c1CCC3)CCC2)NC. The summed E-state index contributed by atoms with van der Waals surface area (Å²) in [5.41, 5.74) is 7.87. The molecule has 0 fully saturated rings. The van der Waals surface area contributed by atoms with Gasteiger partial charge in [0, 0.05) is 6.04 Å². The Balaban J connectivity index is 1.65. The third-order valence-corrected chi connectivity index (χ3v) is 5.87. The molecule has 2 nitrogen and oxygen atoms in total. The fourth-order valence-electron chi connectivity index (χ4n) is 3.93. The van der Waals surface area contributed by atoms with Crippen LogP contribution in [0.25, 0.3) is 0 Å². The molecule has 0 radical (unpaired) electrons. The number of hydrogen-bond acceptors (Lipinski definition) is 3. The fourth-order valence-corrected chi connectivity index (χ4v) is 4.63. The summed E-state index contributed by atoms with van der Waals surface area (Å²) in [6.07, 6.45) is 13.8. The van der Waals surface area contributed by atoms with Crippen LogP contribution < -0.4 is 10.0 Å². The average molecular weight is 331 g/mol. The number of anilines is 1. The van der Waals surface area contributed by atoms with Crippen molar-refractivity contribution in [2.24, 2.45) is 0 Å². The molecule has 0 aromatic heterocycles. The first kappa shape index (κ1) is 16.9. The van der Waals surface area contributed by atoms with Crippen LogP contribution in [-0.2, 0) is 25.7 Å². The van der Waals surface area contributed by atoms with E-state index in [4.69, 9.17) is 0 Å². The highest BCUT2D eigenvalue weighted by Gasteiger charge is 2.23. The van der Waals surface area contributed by atoms with Gasteiger partial charge in [-0.25, -0.2) is 0 Å². The molecule has 3 heteroatoms. The molecule has 0 saturated heterocycles. The lowest BCUT2D eigenvalue weighted by Gasteiger charge is -2.15. The Morgan fingerprint density at radius 1 is 1.13 bits per heavy atom. The largest absolute Gasteiger partial charge is 0.326 e. The molecule has 3 rings (SSSR count). The monoisotopic (exact) mass is 330 g/mol. The van der Waals surface area contributed by atoms with Gasteiger partial charge in [-0.05, 0) is 91.6 Å². The van der Waals surface area contributed by atoms with E-state index < -0.39 is 0 Å². The Kier molecular flexibility index (Phi) is 6.07. The first-order chi connectivity index (χ1) is 11.3. The smallest absolute Gasteiger partial charge is 0.0512 e. The number of benzene rings is 1. The maximum Gasteiger partial charge on any atom is 0.0512 e. The van der Waals surface area contributed by atoms with E-state index in [-0.39, 0.29) is 0 Å². The zero-order valence-corrected chi connectivity index (χ0v) is 15.4. The maximum atomic E-state index is 3.68. The van der Waals surface area contributed by atoms with Crippen molar-refractivity contribution in [3.63, 3.8) is 0 Å². The molecule has 2 aliphatic rings. The van der Waals surface area contributed by atoms with E-state index in [9.17, 15) is 0 Å². The van der Waals surface area contributed by atoms with Crippen molar-refractivity contribution in [3.05, 3.63) is 39.8 Å². The summed E-state index contributed by atoms with van der Waals surface area (Å²) in [4.78, 5) is 0. The van der Waals surface area contributed by atoms with Crippen LogP contribution in [0, 0.1) is 0 Å². The molecule has 2 aliphatic carbocycles. The molecule has 1 aromatic rings. The number of aryl methyl sites for hydroxylation is 2. The van der Waals surface area contributed by atoms with Gasteiger partial charge < -0.3 is 10.0 Å². The average Bonchev–Trinajstić information content (AvgIpc) is 3.21. The highest BCUT2D eigenvalue weighted by molar-refractivity contribution is 8.03. The number of nitrogens with one attached hydrogen (secondary N) is 2. The van der Waals surface area contributed by atoms with Crippen molar-refractivity contribution in [3.8, 4) is 0 Å². The van der Waals surface area contributed by atoms with Crippen LogP contribution in [0.2, 0.25) is 0 Å². The van der Waals surface area contributed by atoms with E-state index in [1.54, 1.807) is 34.2 Å². The molecule has 0 spiro atoms. The van der Waals surface area contributed by atoms with Crippen LogP contribution in [0.3, 0.4) is 0 Å². The van der Waals surface area contributed by atoms with Crippen LogP contribution in [0.4, 0.5) is 5.69 Å². The van der Waals surface area contributed by atoms with Gasteiger partial charge in [-0.15, -0.1) is 0 Å². The Morgan fingerprint density at radius 2 is 1.83 bits per heavy atom. The minimum Gasteiger partial charge on any atom is -0.326 e. The zero-order chi connectivity index (χ0) is 16.1. The van der Waals surface area contributed by atoms with Crippen LogP contribution in [0.15, 0.2) is 17.6 Å². The standard InChI is InChI=1S/C20H30N2S/c1-3-4-9-17(21-2)12-13-23-22-20-18-10-5-7-15(18)14-16-8-6-11-19(16)20/h12-14,17,21-22H,3-11H2,1-2H3/b13-12+. The Labute approximate surface area is 145 Å². The van der Waals surface area contributed by atoms with Crippen LogP contribution in [0.1, 0.15) is 61.3 Å². The molecule has 1 atom stereocenters. The predicted octanol–water partition coefficient (Wildman–Crippen LogP) is 5.02. The second-order valence-corrected chi connectivity index (χ2v) is 7.53. The molecule has 1 unspecified atom stereocenters. The molecular formula is C20H30N2S. The van der Waals surface area contributed by atoms with E-state index in [0.717, 1.165) is 0 Å². The Morgan fingerprint density at radius 3 is 2.43 bits per heavy atom. The van der Waals surface area contributed by atoms with Gasteiger partial charge in [0.1, 0.15) is 0 Å². The van der Waals surface area contributed by atoms with E-state index in [0.29, 0.717) is 6.04 Å². The number of rotatable bonds is 8. The van der Waals surface area contributed by atoms with Gasteiger partial charge in [0.15, 0.2) is 0 Å². The quantitative estimate of drug-likeness (QED) is 0.655. The van der Waals surface area contributed by atoms with Gasteiger partial charge in [0.05, 0.1) is 5.69 Å². The summed E-state index contributed by atoms with van der Waals surface area (Å²) in [6, 6.07) is 2.99. The van der Waals surface area contributed by atoms with Gasteiger partial charge in [-0.1, -0.05) is 31.9 Å². The van der Waals surface area contributed by atoms with Crippen molar-refractivity contribution in [1.82, 2.24) is 5.32 Å². The lowest BCUT2D eigenvalue weighted by molar-refractivity contribution is 0.579. The normalized spacial score (nSPS) is 17.5. The van der Waals surface area contributed by atoms with Gasteiger partial charge in [0.25, 0.3) is 0 Å². The predicted molar refractivity (Wildman–Crippen MR) is 103 cm³/mol. The minimum atomic E-state index is 0.497. The summed E-state index contributed by atoms with van der Waals surface area (Å²) < 4.78 is 3.68. The van der Waals surface area contributed by atoms with Crippen molar-refractivity contribution in [2.75, 3.05) is 11.8 Å². The van der Waals surface area contributed by atoms with Gasteiger partial charge in [-0.3, -0.25) is 0 Å². The molecule has 0 amide bonds. The second-order valence-electron chi connectivity index (χ2n) is 6.82. The fraction of sp³-hybridized carbons (Fsp3) is 0.600. The molecule has 0 bridgehead atoms. The number of unbranched alkanes of at least 4 members (excludes halogenated alkanes) is 1. The van der Waals surface area contributed by atoms with Crippen LogP contribution in [-0.4, -0.2) is 13.1 Å². The molecule has 23 heavy (non-hydrogen) atoms. The summed E-state index contributed by atoms with van der Waals surface area (Å²) in [7, 11) is 2.06. The van der Waals surface area contributed by atoms with Crippen molar-refractivity contribution >= 4 is 17.6 Å². The van der Waals surface area contributed by atoms with E-state index in [1.165, 1.54) is 63.5 Å². The summed E-state index contributed by atoms with van der Waals surface area (Å²) >= 11 is 1.74. The summed E-state index contributed by atoms with van der Waals surface area (Å²) in [6.45, 7) is 2.25. The zero-order valence-electron chi connectivity index (χ0n) is 14.6. The summed E-state index contributed by atoms with van der Waals surface area (Å²) in [5.74, 6) is 0. The number of likely N-dealkylation sites (N-methyl/N-ethyl adjacent to an activating group) is 1. The molecule has 126 valence electrons. The van der Waals surface area contributed by atoms with E-state index >= 15 is 0 Å². The van der Waals surface area contributed by atoms with E-state index in [1.807, 2.05) is 0 Å². The van der Waals surface area contributed by atoms with Gasteiger partial charge in [-0.2, -0.15) is 0 Å². The van der Waals surface area contributed by atoms with Crippen molar-refractivity contribution in [2.45, 2.75) is 70.8 Å². The molecule has 0 aliphatic heterocycles. The topological polar surface area (TPSA) is 24.1 Å². The third kappa shape index (κ3) is 3.95.